The van der Waals surface area contributed by atoms with Crippen LogP contribution in [0, 0.1) is 0 Å². The van der Waals surface area contributed by atoms with E-state index in [0.717, 1.165) is 0 Å². The Morgan fingerprint density at radius 2 is 1.83 bits per heavy atom. The van der Waals surface area contributed by atoms with E-state index in [1.165, 1.54) is 18.2 Å². The Morgan fingerprint density at radius 3 is 2.33 bits per heavy atom. The largest absolute Gasteiger partial charge is 0.423 e. The van der Waals surface area contributed by atoms with Crippen LogP contribution in [0.3, 0.4) is 0 Å². The molecule has 0 nitrogen and oxygen atoms in total. The van der Waals surface area contributed by atoms with Gasteiger partial charge in [-0.05, 0) is 26.6 Å². The van der Waals surface area contributed by atoms with E-state index in [4.69, 9.17) is 0 Å². The van der Waals surface area contributed by atoms with Crippen LogP contribution in [0.4, 0.5) is 8.39 Å². The summed E-state index contributed by atoms with van der Waals surface area (Å²) in [5, 5.41) is 0.157. The van der Waals surface area contributed by atoms with Crippen LogP contribution in [-0.2, 0) is 0 Å². The smallest absolute Gasteiger partial charge is 0.0993 e. The monoisotopic (exact) mass is 187 g/mol. The molecule has 3 heteroatoms. The minimum atomic E-state index is -3.91. The fourth-order valence-electron chi connectivity index (χ4n) is 0.914. The first-order valence-corrected chi connectivity index (χ1v) is 5.36. The SMILES string of the molecule is C=CC[P+](F)(F)c1ccccc1. The molecule has 0 radical (unpaired) electrons. The number of allylic oxidation sites excluding steroid dienone is 1. The van der Waals surface area contributed by atoms with E-state index < -0.39 is 7.88 Å². The maximum absolute atomic E-state index is 13.2. The van der Waals surface area contributed by atoms with Gasteiger partial charge in [0.2, 0.25) is 0 Å². The highest BCUT2D eigenvalue weighted by Gasteiger charge is 2.42. The lowest BCUT2D eigenvalue weighted by atomic mass is 10.4. The van der Waals surface area contributed by atoms with Crippen LogP contribution in [0.5, 0.6) is 0 Å². The summed E-state index contributed by atoms with van der Waals surface area (Å²) >= 11 is 0. The van der Waals surface area contributed by atoms with Gasteiger partial charge in [-0.2, -0.15) is 0 Å². The molecule has 0 atom stereocenters. The molecule has 64 valence electrons. The van der Waals surface area contributed by atoms with Crippen molar-refractivity contribution in [3.05, 3.63) is 43.0 Å². The molecule has 0 aromatic heterocycles. The normalized spacial score (nSPS) is 11.2. The van der Waals surface area contributed by atoms with Crippen LogP contribution in [-0.4, -0.2) is 6.16 Å². The second-order valence-corrected chi connectivity index (χ2v) is 4.58. The standard InChI is InChI=1S/C9H10F2P/c1-2-8-12(10,11)9-6-4-3-5-7-9/h2-7H,1,8H2/q+1. The quantitative estimate of drug-likeness (QED) is 0.503. The molecule has 0 fully saturated rings. The van der Waals surface area contributed by atoms with E-state index in [2.05, 4.69) is 6.58 Å². The molecule has 1 aromatic carbocycles. The molecule has 0 heterocycles. The molecular weight excluding hydrogens is 177 g/mol. The average molecular weight is 187 g/mol. The molecule has 0 aliphatic carbocycles. The molecular formula is C9H10F2P+. The Morgan fingerprint density at radius 1 is 1.25 bits per heavy atom. The number of halogens is 2. The van der Waals surface area contributed by atoms with Crippen molar-refractivity contribution in [1.82, 2.24) is 0 Å². The molecule has 1 rings (SSSR count). The molecule has 0 amide bonds. The highest BCUT2D eigenvalue weighted by Crippen LogP contribution is 2.60. The van der Waals surface area contributed by atoms with Crippen molar-refractivity contribution in [3.63, 3.8) is 0 Å². The minimum Gasteiger partial charge on any atom is -0.0993 e. The van der Waals surface area contributed by atoms with E-state index >= 15 is 0 Å². The van der Waals surface area contributed by atoms with Crippen LogP contribution in [0.25, 0.3) is 0 Å². The van der Waals surface area contributed by atoms with Crippen LogP contribution in [0.2, 0.25) is 0 Å². The molecule has 0 spiro atoms. The Balaban J connectivity index is 2.89. The van der Waals surface area contributed by atoms with Gasteiger partial charge in [-0.1, -0.05) is 24.8 Å². The van der Waals surface area contributed by atoms with Gasteiger partial charge in [-0.15, -0.1) is 0 Å². The summed E-state index contributed by atoms with van der Waals surface area (Å²) in [6.07, 6.45) is 1.08. The third kappa shape index (κ3) is 2.12. The van der Waals surface area contributed by atoms with Gasteiger partial charge in [0.1, 0.15) is 6.16 Å². The second-order valence-electron chi connectivity index (χ2n) is 2.44. The lowest BCUT2D eigenvalue weighted by molar-refractivity contribution is 0.726. The number of benzene rings is 1. The van der Waals surface area contributed by atoms with Gasteiger partial charge in [0, 0.05) is 0 Å². The molecule has 12 heavy (non-hydrogen) atoms. The predicted molar refractivity (Wildman–Crippen MR) is 50.3 cm³/mol. The molecule has 0 unspecified atom stereocenters. The van der Waals surface area contributed by atoms with Crippen molar-refractivity contribution in [2.24, 2.45) is 0 Å². The van der Waals surface area contributed by atoms with Crippen molar-refractivity contribution in [1.29, 1.82) is 0 Å². The van der Waals surface area contributed by atoms with Crippen molar-refractivity contribution >= 4 is 13.2 Å². The van der Waals surface area contributed by atoms with Crippen LogP contribution in [0.15, 0.2) is 43.0 Å². The summed E-state index contributed by atoms with van der Waals surface area (Å²) in [5.74, 6) is 0. The number of rotatable bonds is 3. The molecule has 0 N–H and O–H groups in total. The van der Waals surface area contributed by atoms with Crippen LogP contribution in [0.1, 0.15) is 0 Å². The molecule has 0 aliphatic rings. The summed E-state index contributed by atoms with van der Waals surface area (Å²) < 4.78 is 26.4. The fourth-order valence-corrected chi connectivity index (χ4v) is 2.06. The van der Waals surface area contributed by atoms with Crippen molar-refractivity contribution in [2.75, 3.05) is 6.16 Å². The highest BCUT2D eigenvalue weighted by atomic mass is 31.2. The molecule has 0 saturated carbocycles. The molecule has 0 bridgehead atoms. The van der Waals surface area contributed by atoms with Gasteiger partial charge in [0.25, 0.3) is 0 Å². The summed E-state index contributed by atoms with van der Waals surface area (Å²) in [4.78, 5) is 0. The Labute approximate surface area is 71.5 Å². The van der Waals surface area contributed by atoms with Gasteiger partial charge in [0.05, 0.1) is 0 Å². The summed E-state index contributed by atoms with van der Waals surface area (Å²) in [5.41, 5.74) is 0. The van der Waals surface area contributed by atoms with E-state index in [1.54, 1.807) is 18.2 Å². The van der Waals surface area contributed by atoms with Gasteiger partial charge in [-0.25, -0.2) is 0 Å². The highest BCUT2D eigenvalue weighted by molar-refractivity contribution is 7.73. The van der Waals surface area contributed by atoms with Gasteiger partial charge in [-0.3, -0.25) is 0 Å². The maximum atomic E-state index is 13.2. The topological polar surface area (TPSA) is 0 Å². The lowest BCUT2D eigenvalue weighted by Gasteiger charge is -2.01. The maximum Gasteiger partial charge on any atom is 0.423 e. The number of hydrogen-bond donors (Lipinski definition) is 0. The van der Waals surface area contributed by atoms with Gasteiger partial charge in [0.15, 0.2) is 5.30 Å². The summed E-state index contributed by atoms with van der Waals surface area (Å²) in [6, 6.07) is 7.94. The van der Waals surface area contributed by atoms with E-state index in [1.807, 2.05) is 0 Å². The Hall–Kier alpha value is -0.750. The minimum absolute atomic E-state index is 0.157. The van der Waals surface area contributed by atoms with E-state index in [-0.39, 0.29) is 11.5 Å². The average Bonchev–Trinajstić information content (AvgIpc) is 2.06. The van der Waals surface area contributed by atoms with Crippen molar-refractivity contribution < 1.29 is 8.39 Å². The molecule has 0 saturated heterocycles. The number of hydrogen-bond acceptors (Lipinski definition) is 0. The van der Waals surface area contributed by atoms with E-state index in [9.17, 15) is 8.39 Å². The Kier molecular flexibility index (Phi) is 2.93. The van der Waals surface area contributed by atoms with Gasteiger partial charge >= 0.3 is 7.88 Å². The summed E-state index contributed by atoms with van der Waals surface area (Å²) in [7, 11) is -3.91. The molecule has 1 aromatic rings. The van der Waals surface area contributed by atoms with Crippen molar-refractivity contribution in [2.45, 2.75) is 0 Å². The van der Waals surface area contributed by atoms with Crippen molar-refractivity contribution in [3.8, 4) is 0 Å². The van der Waals surface area contributed by atoms with Gasteiger partial charge < -0.3 is 0 Å². The zero-order valence-electron chi connectivity index (χ0n) is 6.58. The van der Waals surface area contributed by atoms with Crippen LogP contribution < -0.4 is 5.30 Å². The van der Waals surface area contributed by atoms with E-state index in [0.29, 0.717) is 0 Å². The zero-order valence-corrected chi connectivity index (χ0v) is 7.48. The van der Waals surface area contributed by atoms with Crippen LogP contribution >= 0.6 is 7.88 Å². The lowest BCUT2D eigenvalue weighted by Crippen LogP contribution is -2.04. The summed E-state index contributed by atoms with van der Waals surface area (Å²) in [6.45, 7) is 3.32. The predicted octanol–water partition coefficient (Wildman–Crippen LogP) is 3.28. The Bertz CT molecular complexity index is 256. The first-order chi connectivity index (χ1) is 5.67. The first-order valence-electron chi connectivity index (χ1n) is 3.61. The fraction of sp³-hybridized carbons (Fsp3) is 0.111. The first kappa shape index (κ1) is 9.34. The zero-order chi connectivity index (χ0) is 9.03. The third-order valence-corrected chi connectivity index (χ3v) is 3.26. The third-order valence-electron chi connectivity index (χ3n) is 1.49. The molecule has 0 aliphatic heterocycles. The second kappa shape index (κ2) is 3.77.